The van der Waals surface area contributed by atoms with Crippen molar-refractivity contribution in [3.8, 4) is 34.5 Å². The van der Waals surface area contributed by atoms with Gasteiger partial charge in [-0.05, 0) is 115 Å². The normalized spacial score (nSPS) is 14.1. The number of benzene rings is 5. The highest BCUT2D eigenvalue weighted by atomic mass is 16.6. The molecule has 424 valence electrons. The molecule has 2 N–H and O–H groups in total. The highest BCUT2D eigenvalue weighted by Gasteiger charge is 2.38. The summed E-state index contributed by atoms with van der Waals surface area (Å²) in [5.74, 6) is 2.28. The molecular formula is C62H77N3O14. The first-order valence-corrected chi connectivity index (χ1v) is 27.2. The first-order chi connectivity index (χ1) is 38.6. The zero-order chi connectivity index (χ0) is 55.8. The van der Waals surface area contributed by atoms with Crippen molar-refractivity contribution in [3.63, 3.8) is 0 Å². The van der Waals surface area contributed by atoms with E-state index in [1.54, 1.807) is 49.5 Å². The van der Waals surface area contributed by atoms with Crippen molar-refractivity contribution < 1.29 is 66.2 Å². The number of piperidine rings is 1. The summed E-state index contributed by atoms with van der Waals surface area (Å²) >= 11 is 0. The Balaban J connectivity index is 0.831. The van der Waals surface area contributed by atoms with E-state index in [-0.39, 0.29) is 18.4 Å². The second-order valence-corrected chi connectivity index (χ2v) is 19.1. The number of amides is 2. The van der Waals surface area contributed by atoms with Crippen molar-refractivity contribution in [3.05, 3.63) is 143 Å². The Kier molecular flexibility index (Phi) is 23.5. The largest absolute Gasteiger partial charge is 0.493 e. The van der Waals surface area contributed by atoms with E-state index < -0.39 is 24.0 Å². The van der Waals surface area contributed by atoms with Crippen LogP contribution in [-0.2, 0) is 52.7 Å². The molecule has 5 aromatic carbocycles. The maximum Gasteiger partial charge on any atom is 0.329 e. The average molecular weight is 1090 g/mol. The van der Waals surface area contributed by atoms with E-state index in [4.69, 9.17) is 51.8 Å². The van der Waals surface area contributed by atoms with Gasteiger partial charge < -0.3 is 67.3 Å². The maximum atomic E-state index is 14.5. The molecule has 17 nitrogen and oxygen atoms in total. The number of carbonyl (C=O) groups is 3. The van der Waals surface area contributed by atoms with Crippen molar-refractivity contribution in [1.29, 1.82) is 0 Å². The molecule has 2 amide bonds. The lowest BCUT2D eigenvalue weighted by molar-refractivity contribution is -0.162. The molecule has 1 aliphatic rings. The third-order valence-corrected chi connectivity index (χ3v) is 13.8. The second-order valence-electron chi connectivity index (χ2n) is 19.1. The van der Waals surface area contributed by atoms with Crippen LogP contribution in [0.25, 0.3) is 11.0 Å². The van der Waals surface area contributed by atoms with Gasteiger partial charge in [-0.25, -0.2) is 4.79 Å². The number of nitrogens with one attached hydrogen (secondary N) is 2. The van der Waals surface area contributed by atoms with Crippen LogP contribution in [0.15, 0.2) is 114 Å². The lowest BCUT2D eigenvalue weighted by Crippen LogP contribution is -2.50. The molecule has 2 heterocycles. The molecule has 1 aromatic heterocycles. The van der Waals surface area contributed by atoms with E-state index in [9.17, 15) is 14.4 Å². The quantitative estimate of drug-likeness (QED) is 0.0294. The van der Waals surface area contributed by atoms with E-state index in [0.29, 0.717) is 137 Å². The van der Waals surface area contributed by atoms with E-state index >= 15 is 0 Å². The van der Waals surface area contributed by atoms with Crippen LogP contribution in [0.2, 0.25) is 0 Å². The van der Waals surface area contributed by atoms with Crippen LogP contribution < -0.4 is 39.1 Å². The summed E-state index contributed by atoms with van der Waals surface area (Å²) in [6.45, 7) is 6.35. The first kappa shape index (κ1) is 59.4. The Morgan fingerprint density at radius 2 is 1.37 bits per heavy atom. The highest BCUT2D eigenvalue weighted by Crippen LogP contribution is 2.42. The lowest BCUT2D eigenvalue weighted by Gasteiger charge is -2.37. The van der Waals surface area contributed by atoms with Gasteiger partial charge >= 0.3 is 5.97 Å². The first-order valence-electron chi connectivity index (χ1n) is 27.2. The van der Waals surface area contributed by atoms with E-state index in [2.05, 4.69) is 47.0 Å². The summed E-state index contributed by atoms with van der Waals surface area (Å²) in [5.41, 5.74) is 5.57. The zero-order valence-corrected chi connectivity index (χ0v) is 46.5. The monoisotopic (exact) mass is 1090 g/mol. The lowest BCUT2D eigenvalue weighted by atomic mass is 9.91. The predicted octanol–water partition coefficient (Wildman–Crippen LogP) is 9.19. The minimum Gasteiger partial charge on any atom is -0.493 e. The number of nitrogens with zero attached hydrogens (tertiary/aromatic N) is 1. The molecule has 0 unspecified atom stereocenters. The number of methoxy groups -OCH3 is 5. The smallest absolute Gasteiger partial charge is 0.329 e. The van der Waals surface area contributed by atoms with Crippen molar-refractivity contribution in [1.82, 2.24) is 15.5 Å². The van der Waals surface area contributed by atoms with E-state index in [1.807, 2.05) is 49.4 Å². The molecule has 6 aromatic rings. The van der Waals surface area contributed by atoms with Gasteiger partial charge in [0.25, 0.3) is 5.91 Å². The van der Waals surface area contributed by atoms with Crippen LogP contribution in [0.3, 0.4) is 0 Å². The molecule has 0 bridgehead atoms. The minimum atomic E-state index is -0.804. The van der Waals surface area contributed by atoms with Gasteiger partial charge in [-0.2, -0.15) is 0 Å². The Morgan fingerprint density at radius 3 is 2.08 bits per heavy atom. The highest BCUT2D eigenvalue weighted by molar-refractivity contribution is 5.89. The number of carbonyl (C=O) groups excluding carboxylic acids is 3. The third-order valence-electron chi connectivity index (χ3n) is 13.8. The SMILES string of the molecule is CC[C@H](C(=O)N1CCCC[C@H]1C(=O)O[C@H](CCc1ccc(OC)c(OC)c1)c1cccc(OCC(=O)NCCOCCOCCOCCNCc2ccc3cc(Cc4ccccc4)oc3c2)c1)c1cc(OC)c(OC)c(OC)c1. The number of ether oxygens (including phenoxy) is 10. The van der Waals surface area contributed by atoms with Crippen LogP contribution >= 0.6 is 0 Å². The van der Waals surface area contributed by atoms with Gasteiger partial charge in [-0.15, -0.1) is 0 Å². The summed E-state index contributed by atoms with van der Waals surface area (Å²) in [7, 11) is 7.76. The summed E-state index contributed by atoms with van der Waals surface area (Å²) in [4.78, 5) is 43.5. The molecule has 0 radical (unpaired) electrons. The van der Waals surface area contributed by atoms with Gasteiger partial charge in [-0.1, -0.05) is 67.6 Å². The van der Waals surface area contributed by atoms with Crippen molar-refractivity contribution in [2.45, 2.75) is 76.5 Å². The van der Waals surface area contributed by atoms with Crippen LogP contribution in [-0.4, -0.2) is 130 Å². The Bertz CT molecular complexity index is 2830. The number of hydrogen-bond donors (Lipinski definition) is 2. The maximum absolute atomic E-state index is 14.5. The van der Waals surface area contributed by atoms with Crippen molar-refractivity contribution >= 4 is 28.8 Å². The van der Waals surface area contributed by atoms with Crippen LogP contribution in [0.1, 0.15) is 84.6 Å². The number of fused-ring (bicyclic) bond motifs is 1. The second kappa shape index (κ2) is 31.3. The summed E-state index contributed by atoms with van der Waals surface area (Å²) < 4.78 is 63.3. The van der Waals surface area contributed by atoms with Gasteiger partial charge in [0.1, 0.15) is 29.2 Å². The summed E-state index contributed by atoms with van der Waals surface area (Å²) in [6, 6.07) is 34.4. The molecule has 7 rings (SSSR count). The molecular weight excluding hydrogens is 1010 g/mol. The molecule has 0 saturated carbocycles. The number of furan rings is 1. The molecule has 1 aliphatic heterocycles. The fourth-order valence-corrected chi connectivity index (χ4v) is 9.65. The van der Waals surface area contributed by atoms with Crippen molar-refractivity contribution in [2.24, 2.45) is 0 Å². The predicted molar refractivity (Wildman–Crippen MR) is 300 cm³/mol. The Hall–Kier alpha value is -7.31. The number of likely N-dealkylation sites (tertiary alicyclic amines) is 1. The van der Waals surface area contributed by atoms with Gasteiger partial charge in [-0.3, -0.25) is 9.59 Å². The van der Waals surface area contributed by atoms with Gasteiger partial charge in [0, 0.05) is 38.0 Å². The fourth-order valence-electron chi connectivity index (χ4n) is 9.65. The van der Waals surface area contributed by atoms with Crippen molar-refractivity contribution in [2.75, 3.05) is 101 Å². The molecule has 1 fully saturated rings. The number of hydrogen-bond acceptors (Lipinski definition) is 15. The number of aryl methyl sites for hydroxylation is 1. The van der Waals surface area contributed by atoms with Crippen LogP contribution in [0.5, 0.6) is 34.5 Å². The molecule has 17 heteroatoms. The van der Waals surface area contributed by atoms with E-state index in [1.165, 1.54) is 26.9 Å². The molecule has 79 heavy (non-hydrogen) atoms. The average Bonchev–Trinajstić information content (AvgIpc) is 3.93. The number of esters is 1. The standard InChI is InChI=1S/C62H77N3O14/c1-7-51(48-39-57(71-4)60(73-6)58(40-48)72-5)61(67)65-27-12-11-18-52(65)62(68)79-53(23-20-44-21-24-54(69-2)56(35-44)70-3)46-16-13-17-49(37-46)77-42-59(66)64-26-29-75-31-33-76-32-30-74-28-25-63-41-45-19-22-47-38-50(78-55(47)36-45)34-43-14-9-8-10-15-43/h8-10,13-17,19,21-22,24,35-40,51-53,63H,7,11-12,18,20,23,25-34,41-42H2,1-6H3,(H,64,66)/t51-,52-,53+/m0/s1. The van der Waals surface area contributed by atoms with Crippen LogP contribution in [0, 0.1) is 0 Å². The molecule has 1 saturated heterocycles. The molecule has 3 atom stereocenters. The third kappa shape index (κ3) is 17.3. The van der Waals surface area contributed by atoms with E-state index in [0.717, 1.165) is 47.1 Å². The topological polar surface area (TPSA) is 184 Å². The Morgan fingerprint density at radius 1 is 0.658 bits per heavy atom. The molecule has 0 spiro atoms. The summed E-state index contributed by atoms with van der Waals surface area (Å²) in [5, 5.41) is 7.34. The zero-order valence-electron chi connectivity index (χ0n) is 46.5. The summed E-state index contributed by atoms with van der Waals surface area (Å²) in [6.07, 6.45) is 3.39. The van der Waals surface area contributed by atoms with Gasteiger partial charge in [0.2, 0.25) is 11.7 Å². The van der Waals surface area contributed by atoms with Gasteiger partial charge in [0.05, 0.1) is 81.1 Å². The minimum absolute atomic E-state index is 0.183. The van der Waals surface area contributed by atoms with Crippen LogP contribution in [0.4, 0.5) is 0 Å². The fraction of sp³-hybridized carbons (Fsp3) is 0.435. The number of rotatable bonds is 33. The Labute approximate surface area is 464 Å². The van der Waals surface area contributed by atoms with Gasteiger partial charge in [0.15, 0.2) is 29.6 Å². The molecule has 0 aliphatic carbocycles.